The third kappa shape index (κ3) is 19.9. The molecule has 3 N–H and O–H groups in total. The smallest absolute Gasteiger partial charge is 0.240 e. The van der Waals surface area contributed by atoms with Crippen LogP contribution < -0.4 is 11.1 Å². The Bertz CT molecular complexity index is 450. The molecule has 0 aromatic rings. The van der Waals surface area contributed by atoms with Gasteiger partial charge in [0.2, 0.25) is 11.8 Å². The molecular formula is C25H49N3O2. The van der Waals surface area contributed by atoms with Crippen molar-refractivity contribution in [2.24, 2.45) is 5.73 Å². The minimum absolute atomic E-state index is 0.0544. The maximum absolute atomic E-state index is 12.1. The lowest BCUT2D eigenvalue weighted by Crippen LogP contribution is -2.44. The highest BCUT2D eigenvalue weighted by Crippen LogP contribution is 2.10. The van der Waals surface area contributed by atoms with E-state index in [2.05, 4.69) is 29.3 Å². The Kier molecular flexibility index (Phi) is 19.9. The predicted molar refractivity (Wildman–Crippen MR) is 128 cm³/mol. The Balaban J connectivity index is 3.56. The second kappa shape index (κ2) is 20.9. The summed E-state index contributed by atoms with van der Waals surface area (Å²) in [5.41, 5.74) is 5.41. The summed E-state index contributed by atoms with van der Waals surface area (Å²) >= 11 is 0. The number of nitrogens with two attached hydrogens (primary N) is 1. The van der Waals surface area contributed by atoms with E-state index in [1.807, 2.05) is 14.1 Å². The number of rotatable bonds is 21. The zero-order valence-corrected chi connectivity index (χ0v) is 20.1. The molecule has 0 aromatic carbocycles. The van der Waals surface area contributed by atoms with Gasteiger partial charge in [-0.25, -0.2) is 0 Å². The van der Waals surface area contributed by atoms with Gasteiger partial charge in [-0.15, -0.1) is 0 Å². The molecule has 0 aliphatic heterocycles. The van der Waals surface area contributed by atoms with Crippen LogP contribution >= 0.6 is 0 Å². The molecule has 0 rings (SSSR count). The fraction of sp³-hybridized carbons (Fsp3) is 0.840. The van der Waals surface area contributed by atoms with Crippen molar-refractivity contribution < 1.29 is 9.59 Å². The molecule has 0 saturated heterocycles. The predicted octanol–water partition coefficient (Wildman–Crippen LogP) is 5.34. The monoisotopic (exact) mass is 423 g/mol. The fourth-order valence-electron chi connectivity index (χ4n) is 3.52. The lowest BCUT2D eigenvalue weighted by molar-refractivity contribution is -0.127. The standard InChI is InChI=1S/C25H49N3O2/c1-4-5-6-7-8-9-10-11-12-13-14-15-16-17-18-21-24(29)27-23(25(26)30)20-19-22-28(2)3/h11-12,23H,4-10,13-22H2,1-3H3,(H2,26,30)(H,27,29)/b12-11+. The van der Waals surface area contributed by atoms with Gasteiger partial charge in [-0.1, -0.05) is 70.4 Å². The van der Waals surface area contributed by atoms with Crippen LogP contribution in [0.2, 0.25) is 0 Å². The van der Waals surface area contributed by atoms with Gasteiger partial charge >= 0.3 is 0 Å². The molecule has 1 unspecified atom stereocenters. The minimum Gasteiger partial charge on any atom is -0.368 e. The van der Waals surface area contributed by atoms with Crippen LogP contribution in [0.25, 0.3) is 0 Å². The summed E-state index contributed by atoms with van der Waals surface area (Å²) in [5, 5.41) is 2.80. The lowest BCUT2D eigenvalue weighted by atomic mass is 10.1. The maximum Gasteiger partial charge on any atom is 0.240 e. The highest BCUT2D eigenvalue weighted by atomic mass is 16.2. The van der Waals surface area contributed by atoms with Crippen LogP contribution in [0.5, 0.6) is 0 Å². The number of nitrogens with one attached hydrogen (secondary N) is 1. The summed E-state index contributed by atoms with van der Waals surface area (Å²) in [6, 6.07) is -0.541. The van der Waals surface area contributed by atoms with Crippen LogP contribution in [0.1, 0.15) is 110 Å². The topological polar surface area (TPSA) is 75.4 Å². The van der Waals surface area contributed by atoms with Crippen molar-refractivity contribution in [3.63, 3.8) is 0 Å². The molecule has 0 radical (unpaired) electrons. The quantitative estimate of drug-likeness (QED) is 0.193. The van der Waals surface area contributed by atoms with Crippen LogP contribution in [0.4, 0.5) is 0 Å². The van der Waals surface area contributed by atoms with Crippen molar-refractivity contribution in [3.05, 3.63) is 12.2 Å². The van der Waals surface area contributed by atoms with Gasteiger partial charge in [0.1, 0.15) is 6.04 Å². The van der Waals surface area contributed by atoms with Gasteiger partial charge in [0.15, 0.2) is 0 Å². The SMILES string of the molecule is CCCCCCCC/C=C/CCCCCCCC(=O)NC(CCCN(C)C)C(N)=O. The second-order valence-corrected chi connectivity index (χ2v) is 8.80. The van der Waals surface area contributed by atoms with E-state index in [1.165, 1.54) is 70.6 Å². The maximum atomic E-state index is 12.1. The van der Waals surface area contributed by atoms with Crippen LogP contribution in [-0.4, -0.2) is 43.4 Å². The molecule has 0 saturated carbocycles. The van der Waals surface area contributed by atoms with Crippen molar-refractivity contribution in [3.8, 4) is 0 Å². The highest BCUT2D eigenvalue weighted by Gasteiger charge is 2.17. The summed E-state index contributed by atoms with van der Waals surface area (Å²) in [7, 11) is 3.98. The number of allylic oxidation sites excluding steroid dienone is 2. The molecule has 0 aliphatic rings. The average Bonchev–Trinajstić information content (AvgIpc) is 2.69. The van der Waals surface area contributed by atoms with Gasteiger partial charge in [0, 0.05) is 6.42 Å². The average molecular weight is 424 g/mol. The molecule has 0 fully saturated rings. The summed E-state index contributed by atoms with van der Waals surface area (Å²) in [5.74, 6) is -0.493. The second-order valence-electron chi connectivity index (χ2n) is 8.80. The number of carbonyl (C=O) groups is 2. The van der Waals surface area contributed by atoms with E-state index >= 15 is 0 Å². The number of nitrogens with zero attached hydrogens (tertiary/aromatic N) is 1. The summed E-state index contributed by atoms with van der Waals surface area (Å²) in [6.45, 7) is 3.14. The van der Waals surface area contributed by atoms with E-state index in [0.717, 1.165) is 25.8 Å². The largest absolute Gasteiger partial charge is 0.368 e. The van der Waals surface area contributed by atoms with Crippen LogP contribution in [0.15, 0.2) is 12.2 Å². The number of unbranched alkanes of at least 4 members (excludes halogenated alkanes) is 11. The Morgan fingerprint density at radius 3 is 1.90 bits per heavy atom. The molecule has 176 valence electrons. The number of hydrogen-bond donors (Lipinski definition) is 2. The van der Waals surface area contributed by atoms with Crippen LogP contribution in [0.3, 0.4) is 0 Å². The van der Waals surface area contributed by atoms with Crippen molar-refractivity contribution in [1.29, 1.82) is 0 Å². The number of primary amides is 1. The minimum atomic E-state index is -0.541. The lowest BCUT2D eigenvalue weighted by Gasteiger charge is -2.17. The zero-order chi connectivity index (χ0) is 22.5. The fourth-order valence-corrected chi connectivity index (χ4v) is 3.52. The molecule has 1 atom stereocenters. The van der Waals surface area contributed by atoms with E-state index in [4.69, 9.17) is 5.73 Å². The first kappa shape index (κ1) is 28.6. The molecule has 2 amide bonds. The molecule has 0 bridgehead atoms. The molecule has 0 spiro atoms. The molecular weight excluding hydrogens is 374 g/mol. The van der Waals surface area contributed by atoms with Gasteiger partial charge in [-0.05, 0) is 65.6 Å². The van der Waals surface area contributed by atoms with Gasteiger partial charge in [-0.2, -0.15) is 0 Å². The van der Waals surface area contributed by atoms with Gasteiger partial charge in [-0.3, -0.25) is 9.59 Å². The summed E-state index contributed by atoms with van der Waals surface area (Å²) in [4.78, 5) is 25.6. The zero-order valence-electron chi connectivity index (χ0n) is 20.1. The Morgan fingerprint density at radius 1 is 0.833 bits per heavy atom. The van der Waals surface area contributed by atoms with E-state index in [9.17, 15) is 9.59 Å². The van der Waals surface area contributed by atoms with Crippen molar-refractivity contribution in [2.75, 3.05) is 20.6 Å². The van der Waals surface area contributed by atoms with Crippen LogP contribution in [-0.2, 0) is 9.59 Å². The van der Waals surface area contributed by atoms with Gasteiger partial charge in [0.25, 0.3) is 0 Å². The third-order valence-electron chi connectivity index (χ3n) is 5.44. The van der Waals surface area contributed by atoms with E-state index in [1.54, 1.807) is 0 Å². The van der Waals surface area contributed by atoms with Crippen molar-refractivity contribution in [1.82, 2.24) is 10.2 Å². The van der Waals surface area contributed by atoms with E-state index in [0.29, 0.717) is 12.8 Å². The van der Waals surface area contributed by atoms with Gasteiger partial charge < -0.3 is 16.0 Å². The summed E-state index contributed by atoms with van der Waals surface area (Å²) < 4.78 is 0. The molecule has 30 heavy (non-hydrogen) atoms. The molecule has 5 heteroatoms. The van der Waals surface area contributed by atoms with E-state index in [-0.39, 0.29) is 5.91 Å². The molecule has 0 aromatic heterocycles. The normalized spacial score (nSPS) is 12.5. The van der Waals surface area contributed by atoms with Crippen LogP contribution in [0, 0.1) is 0 Å². The first-order valence-corrected chi connectivity index (χ1v) is 12.4. The van der Waals surface area contributed by atoms with Crippen molar-refractivity contribution >= 4 is 11.8 Å². The highest BCUT2D eigenvalue weighted by molar-refractivity contribution is 5.86. The third-order valence-corrected chi connectivity index (χ3v) is 5.44. The van der Waals surface area contributed by atoms with Gasteiger partial charge in [0.05, 0.1) is 0 Å². The molecule has 0 heterocycles. The summed E-state index contributed by atoms with van der Waals surface area (Å²) in [6.07, 6.45) is 22.7. The first-order chi connectivity index (χ1) is 14.5. The number of hydrogen-bond acceptors (Lipinski definition) is 3. The number of carbonyl (C=O) groups excluding carboxylic acids is 2. The first-order valence-electron chi connectivity index (χ1n) is 12.4. The van der Waals surface area contributed by atoms with Crippen molar-refractivity contribution in [2.45, 2.75) is 116 Å². The molecule has 0 aliphatic carbocycles. The molecule has 5 nitrogen and oxygen atoms in total. The Morgan fingerprint density at radius 2 is 1.37 bits per heavy atom. The number of amides is 2. The Hall–Kier alpha value is -1.36. The Labute approximate surface area is 186 Å². The van der Waals surface area contributed by atoms with E-state index < -0.39 is 11.9 Å².